The number of hydrogen-bond acceptors (Lipinski definition) is 6. The number of aliphatic hydroxyl groups is 1. The van der Waals surface area contributed by atoms with E-state index in [0.717, 1.165) is 63.5 Å². The van der Waals surface area contributed by atoms with Gasteiger partial charge in [-0.25, -0.2) is 0 Å². The molecule has 0 aromatic carbocycles. The van der Waals surface area contributed by atoms with Crippen molar-refractivity contribution >= 4 is 0 Å². The molecule has 0 radical (unpaired) electrons. The summed E-state index contributed by atoms with van der Waals surface area (Å²) in [7, 11) is 0. The van der Waals surface area contributed by atoms with Crippen LogP contribution in [0.15, 0.2) is 4.52 Å². The van der Waals surface area contributed by atoms with E-state index in [1.807, 2.05) is 0 Å². The van der Waals surface area contributed by atoms with E-state index in [9.17, 15) is 5.11 Å². The van der Waals surface area contributed by atoms with Gasteiger partial charge in [-0.15, -0.1) is 0 Å². The molecule has 3 heterocycles. The number of rotatable bonds is 5. The van der Waals surface area contributed by atoms with Crippen LogP contribution in [0.3, 0.4) is 0 Å². The molecule has 2 atom stereocenters. The van der Waals surface area contributed by atoms with Crippen molar-refractivity contribution < 1.29 is 14.4 Å². The van der Waals surface area contributed by atoms with Gasteiger partial charge in [-0.1, -0.05) is 32.9 Å². The van der Waals surface area contributed by atoms with Crippen LogP contribution < -0.4 is 0 Å². The molecule has 1 aromatic rings. The number of aromatic nitrogens is 2. The third-order valence-electron chi connectivity index (χ3n) is 5.48. The number of ether oxygens (including phenoxy) is 1. The van der Waals surface area contributed by atoms with Gasteiger partial charge in [-0.2, -0.15) is 4.98 Å². The van der Waals surface area contributed by atoms with Crippen LogP contribution in [0.2, 0.25) is 0 Å². The Balaban J connectivity index is 1.53. The molecule has 0 bridgehead atoms. The quantitative estimate of drug-likeness (QED) is 0.879. The van der Waals surface area contributed by atoms with Crippen LogP contribution in [0.5, 0.6) is 0 Å². The van der Waals surface area contributed by atoms with Crippen molar-refractivity contribution in [1.29, 1.82) is 0 Å². The van der Waals surface area contributed by atoms with Gasteiger partial charge in [0.15, 0.2) is 5.82 Å². The Morgan fingerprint density at radius 3 is 2.60 bits per heavy atom. The summed E-state index contributed by atoms with van der Waals surface area (Å²) in [6.45, 7) is 11.3. The number of nitrogens with zero attached hydrogens (tertiary/aromatic N) is 3. The van der Waals surface area contributed by atoms with E-state index in [-0.39, 0.29) is 17.8 Å². The van der Waals surface area contributed by atoms with Crippen LogP contribution in [0, 0.1) is 11.8 Å². The minimum atomic E-state index is -0.233. The number of aliphatic hydroxyl groups excluding tert-OH is 1. The van der Waals surface area contributed by atoms with Crippen LogP contribution in [-0.2, 0) is 17.7 Å². The molecule has 6 nitrogen and oxygen atoms in total. The summed E-state index contributed by atoms with van der Waals surface area (Å²) in [4.78, 5) is 6.87. The predicted octanol–water partition coefficient (Wildman–Crippen LogP) is 2.80. The Kier molecular flexibility index (Phi) is 5.81. The SMILES string of the molecule is CC(C)Cc1nc(CN2CCC3(CC2)C[C@H](O)C[C@H](C(C)C)O3)no1. The molecule has 0 saturated carbocycles. The van der Waals surface area contributed by atoms with E-state index in [2.05, 4.69) is 42.7 Å². The van der Waals surface area contributed by atoms with Crippen LogP contribution in [0.4, 0.5) is 0 Å². The minimum absolute atomic E-state index is 0.150. The fourth-order valence-corrected chi connectivity index (χ4v) is 4.03. The van der Waals surface area contributed by atoms with Crippen molar-refractivity contribution in [3.05, 3.63) is 11.7 Å². The summed E-state index contributed by atoms with van der Waals surface area (Å²) in [5, 5.41) is 14.4. The first-order valence-electron chi connectivity index (χ1n) is 9.75. The summed E-state index contributed by atoms with van der Waals surface area (Å²) in [6.07, 6.45) is 4.23. The topological polar surface area (TPSA) is 71.6 Å². The second kappa shape index (κ2) is 7.72. The highest BCUT2D eigenvalue weighted by atomic mass is 16.5. The summed E-state index contributed by atoms with van der Waals surface area (Å²) in [5.74, 6) is 2.48. The smallest absolute Gasteiger partial charge is 0.226 e. The van der Waals surface area contributed by atoms with Crippen LogP contribution in [0.1, 0.15) is 65.1 Å². The average molecular weight is 351 g/mol. The number of piperidine rings is 1. The zero-order chi connectivity index (χ0) is 18.0. The van der Waals surface area contributed by atoms with Gasteiger partial charge in [0.2, 0.25) is 5.89 Å². The van der Waals surface area contributed by atoms with Crippen LogP contribution in [0.25, 0.3) is 0 Å². The maximum Gasteiger partial charge on any atom is 0.226 e. The minimum Gasteiger partial charge on any atom is -0.393 e. The molecule has 1 N–H and O–H groups in total. The van der Waals surface area contributed by atoms with E-state index in [1.54, 1.807) is 0 Å². The number of hydrogen-bond donors (Lipinski definition) is 1. The normalized spacial score (nSPS) is 27.5. The van der Waals surface area contributed by atoms with Crippen molar-refractivity contribution in [2.75, 3.05) is 13.1 Å². The van der Waals surface area contributed by atoms with E-state index in [1.165, 1.54) is 0 Å². The highest BCUT2D eigenvalue weighted by molar-refractivity contribution is 4.96. The van der Waals surface area contributed by atoms with E-state index in [0.29, 0.717) is 11.8 Å². The molecule has 2 fully saturated rings. The molecule has 25 heavy (non-hydrogen) atoms. The summed E-state index contributed by atoms with van der Waals surface area (Å²) < 4.78 is 11.8. The molecule has 0 unspecified atom stereocenters. The Morgan fingerprint density at radius 2 is 1.96 bits per heavy atom. The fraction of sp³-hybridized carbons (Fsp3) is 0.895. The highest BCUT2D eigenvalue weighted by Crippen LogP contribution is 2.39. The Bertz CT molecular complexity index is 550. The zero-order valence-electron chi connectivity index (χ0n) is 16.1. The highest BCUT2D eigenvalue weighted by Gasteiger charge is 2.43. The first-order valence-corrected chi connectivity index (χ1v) is 9.75. The van der Waals surface area contributed by atoms with Gasteiger partial charge in [0.1, 0.15) is 0 Å². The molecule has 3 rings (SSSR count). The maximum absolute atomic E-state index is 10.3. The molecule has 6 heteroatoms. The van der Waals surface area contributed by atoms with Crippen molar-refractivity contribution in [1.82, 2.24) is 15.0 Å². The van der Waals surface area contributed by atoms with Crippen molar-refractivity contribution in [3.63, 3.8) is 0 Å². The largest absolute Gasteiger partial charge is 0.393 e. The van der Waals surface area contributed by atoms with Gasteiger partial charge < -0.3 is 14.4 Å². The summed E-state index contributed by atoms with van der Waals surface area (Å²) in [6, 6.07) is 0. The summed E-state index contributed by atoms with van der Waals surface area (Å²) >= 11 is 0. The second-order valence-corrected chi connectivity index (χ2v) is 8.66. The Morgan fingerprint density at radius 1 is 1.24 bits per heavy atom. The van der Waals surface area contributed by atoms with Gasteiger partial charge >= 0.3 is 0 Å². The predicted molar refractivity (Wildman–Crippen MR) is 95.0 cm³/mol. The van der Waals surface area contributed by atoms with Gasteiger partial charge in [-0.05, 0) is 31.1 Å². The second-order valence-electron chi connectivity index (χ2n) is 8.66. The van der Waals surface area contributed by atoms with Crippen molar-refractivity contribution in [2.45, 2.75) is 84.2 Å². The van der Waals surface area contributed by atoms with Crippen molar-refractivity contribution in [2.24, 2.45) is 11.8 Å². The monoisotopic (exact) mass is 351 g/mol. The van der Waals surface area contributed by atoms with E-state index < -0.39 is 0 Å². The lowest BCUT2D eigenvalue weighted by Crippen LogP contribution is -2.53. The van der Waals surface area contributed by atoms with Crippen LogP contribution >= 0.6 is 0 Å². The number of likely N-dealkylation sites (tertiary alicyclic amines) is 1. The Hall–Kier alpha value is -0.980. The molecule has 2 aliphatic rings. The standard InChI is InChI=1S/C19H33N3O3/c1-13(2)9-18-20-17(21-25-18)12-22-7-5-19(6-8-22)11-15(23)10-16(24-19)14(3)4/h13-16,23H,5-12H2,1-4H3/t15-,16-/m1/s1. The molecule has 2 saturated heterocycles. The van der Waals surface area contributed by atoms with Gasteiger partial charge in [0.25, 0.3) is 0 Å². The first-order chi connectivity index (χ1) is 11.8. The molecular weight excluding hydrogens is 318 g/mol. The first kappa shape index (κ1) is 18.8. The molecule has 142 valence electrons. The fourth-order valence-electron chi connectivity index (χ4n) is 4.03. The third kappa shape index (κ3) is 4.80. The lowest BCUT2D eigenvalue weighted by Gasteiger charge is -2.48. The molecule has 0 aliphatic carbocycles. The van der Waals surface area contributed by atoms with Crippen molar-refractivity contribution in [3.8, 4) is 0 Å². The van der Waals surface area contributed by atoms with Gasteiger partial charge in [-0.3, -0.25) is 4.90 Å². The lowest BCUT2D eigenvalue weighted by molar-refractivity contribution is -0.193. The van der Waals surface area contributed by atoms with E-state index in [4.69, 9.17) is 9.26 Å². The molecule has 2 aliphatic heterocycles. The summed E-state index contributed by atoms with van der Waals surface area (Å²) in [5.41, 5.74) is -0.150. The van der Waals surface area contributed by atoms with Crippen LogP contribution in [-0.4, -0.2) is 51.0 Å². The zero-order valence-corrected chi connectivity index (χ0v) is 16.1. The molecular formula is C19H33N3O3. The molecule has 1 aromatic heterocycles. The van der Waals surface area contributed by atoms with Gasteiger partial charge in [0, 0.05) is 25.9 Å². The molecule has 1 spiro atoms. The molecule has 0 amide bonds. The lowest BCUT2D eigenvalue weighted by atomic mass is 9.80. The maximum atomic E-state index is 10.3. The average Bonchev–Trinajstić information content (AvgIpc) is 2.95. The Labute approximate surface area is 150 Å². The van der Waals surface area contributed by atoms with Gasteiger partial charge in [0.05, 0.1) is 24.4 Å². The van der Waals surface area contributed by atoms with E-state index >= 15 is 0 Å². The third-order valence-corrected chi connectivity index (χ3v) is 5.48.